The van der Waals surface area contributed by atoms with E-state index in [9.17, 15) is 0 Å². The summed E-state index contributed by atoms with van der Waals surface area (Å²) in [5.41, 5.74) is 14.5. The SMILES string of the molecule is c1ccc(-n2c3ccccc3c3c(-n4c5ccccc5c5cc(N6c7ccccc7C7(c8ccccc86)C6CC8CC(C6)CC7C8)ccc54)cccc32)cc1. The summed E-state index contributed by atoms with van der Waals surface area (Å²) in [5, 5.41) is 5.09. The van der Waals surface area contributed by atoms with Gasteiger partial charge in [0.25, 0.3) is 0 Å². The fourth-order valence-electron chi connectivity index (χ4n) is 12.8. The molecule has 4 saturated carbocycles. The highest BCUT2D eigenvalue weighted by Gasteiger charge is 2.61. The van der Waals surface area contributed by atoms with Gasteiger partial charge in [-0.3, -0.25) is 0 Å². The number of anilines is 3. The van der Waals surface area contributed by atoms with Crippen LogP contribution in [0.3, 0.4) is 0 Å². The summed E-state index contributed by atoms with van der Waals surface area (Å²) in [7, 11) is 0. The molecule has 0 radical (unpaired) electrons. The van der Waals surface area contributed by atoms with E-state index in [0.717, 1.165) is 23.7 Å². The van der Waals surface area contributed by atoms with Crippen LogP contribution in [-0.4, -0.2) is 9.13 Å². The van der Waals surface area contributed by atoms with E-state index in [1.165, 1.54) is 104 Å². The molecule has 4 bridgehead atoms. The van der Waals surface area contributed by atoms with Gasteiger partial charge in [-0.25, -0.2) is 0 Å². The first kappa shape index (κ1) is 30.3. The van der Waals surface area contributed by atoms with Gasteiger partial charge in [-0.15, -0.1) is 0 Å². The van der Waals surface area contributed by atoms with Crippen LogP contribution in [0.15, 0.2) is 164 Å². The molecule has 14 rings (SSSR count). The highest BCUT2D eigenvalue weighted by Crippen LogP contribution is 2.69. The first-order chi connectivity index (χ1) is 27.3. The molecule has 0 atom stereocenters. The zero-order chi connectivity index (χ0) is 35.8. The number of hydrogen-bond donors (Lipinski definition) is 0. The average molecular weight is 708 g/mol. The lowest BCUT2D eigenvalue weighted by Crippen LogP contribution is -2.57. The minimum Gasteiger partial charge on any atom is -0.310 e. The van der Waals surface area contributed by atoms with Crippen LogP contribution in [-0.2, 0) is 5.41 Å². The van der Waals surface area contributed by atoms with Gasteiger partial charge in [-0.05, 0) is 134 Å². The third-order valence-corrected chi connectivity index (χ3v) is 14.5. The molecule has 0 N–H and O–H groups in total. The molecule has 1 spiro atoms. The second-order valence-electron chi connectivity index (χ2n) is 17.0. The second-order valence-corrected chi connectivity index (χ2v) is 17.0. The van der Waals surface area contributed by atoms with Crippen molar-refractivity contribution < 1.29 is 0 Å². The van der Waals surface area contributed by atoms with Gasteiger partial charge < -0.3 is 14.0 Å². The van der Waals surface area contributed by atoms with E-state index in [4.69, 9.17) is 0 Å². The van der Waals surface area contributed by atoms with Crippen molar-refractivity contribution in [3.63, 3.8) is 0 Å². The minimum absolute atomic E-state index is 0.106. The normalized spacial score (nSPS) is 21.9. The van der Waals surface area contributed by atoms with Crippen LogP contribution in [0.2, 0.25) is 0 Å². The molecule has 9 aromatic rings. The quantitative estimate of drug-likeness (QED) is 0.178. The topological polar surface area (TPSA) is 13.1 Å². The Hall–Kier alpha value is -6.06. The molecule has 3 nitrogen and oxygen atoms in total. The van der Waals surface area contributed by atoms with Crippen molar-refractivity contribution >= 4 is 60.7 Å². The molecule has 3 heteroatoms. The van der Waals surface area contributed by atoms with E-state index in [-0.39, 0.29) is 5.41 Å². The first-order valence-corrected chi connectivity index (χ1v) is 20.4. The standard InChI is InChI=1S/C52H41N3/c1-2-13-37(14-3-1)53-45-20-9-5-16-40(45)51-49(53)23-12-24-50(51)55-44-19-8-4-15-39(44)41-32-38(25-26-46(41)55)54-47-21-10-6-17-42(47)52(43-18-7-11-22-48(43)54)35-28-33-27-34(30-35)31-36(52)29-33/h1-26,32-36H,27-31H2. The lowest BCUT2D eigenvalue weighted by Gasteiger charge is -2.64. The van der Waals surface area contributed by atoms with Crippen LogP contribution < -0.4 is 4.90 Å². The van der Waals surface area contributed by atoms with Crippen molar-refractivity contribution in [2.75, 3.05) is 4.90 Å². The lowest BCUT2D eigenvalue weighted by atomic mass is 9.41. The summed E-state index contributed by atoms with van der Waals surface area (Å²) >= 11 is 0. The van der Waals surface area contributed by atoms with Crippen LogP contribution in [0.1, 0.15) is 43.2 Å². The number of aromatic nitrogens is 2. The fraction of sp³-hybridized carbons (Fsp3) is 0.192. The Bertz CT molecular complexity index is 2940. The van der Waals surface area contributed by atoms with E-state index in [2.05, 4.69) is 178 Å². The first-order valence-electron chi connectivity index (χ1n) is 20.4. The Morgan fingerprint density at radius 2 is 0.927 bits per heavy atom. The van der Waals surface area contributed by atoms with E-state index >= 15 is 0 Å². The molecule has 7 aromatic carbocycles. The summed E-state index contributed by atoms with van der Waals surface area (Å²) < 4.78 is 4.93. The minimum atomic E-state index is 0.106. The van der Waals surface area contributed by atoms with Crippen LogP contribution >= 0.6 is 0 Å². The van der Waals surface area contributed by atoms with Crippen LogP contribution in [0, 0.1) is 23.7 Å². The summed E-state index contributed by atoms with van der Waals surface area (Å²) in [6, 6.07) is 61.7. The fourth-order valence-corrected chi connectivity index (χ4v) is 12.8. The summed E-state index contributed by atoms with van der Waals surface area (Å²) in [4.78, 5) is 2.60. The van der Waals surface area contributed by atoms with E-state index < -0.39 is 0 Å². The van der Waals surface area contributed by atoms with Crippen molar-refractivity contribution in [3.05, 3.63) is 175 Å². The summed E-state index contributed by atoms with van der Waals surface area (Å²) in [6.45, 7) is 0. The summed E-state index contributed by atoms with van der Waals surface area (Å²) in [5.74, 6) is 3.30. The van der Waals surface area contributed by atoms with E-state index in [1.807, 2.05) is 0 Å². The highest BCUT2D eigenvalue weighted by atomic mass is 15.2. The third kappa shape index (κ3) is 3.91. The van der Waals surface area contributed by atoms with Gasteiger partial charge in [0, 0.05) is 38.3 Å². The molecule has 4 fully saturated rings. The molecule has 4 aliphatic carbocycles. The third-order valence-electron chi connectivity index (χ3n) is 14.5. The second kappa shape index (κ2) is 11.0. The lowest BCUT2D eigenvalue weighted by molar-refractivity contribution is -0.0419. The number of para-hydroxylation sites is 5. The molecular formula is C52H41N3. The van der Waals surface area contributed by atoms with Gasteiger partial charge >= 0.3 is 0 Å². The number of benzene rings is 7. The van der Waals surface area contributed by atoms with E-state index in [1.54, 1.807) is 11.1 Å². The Kier molecular flexibility index (Phi) is 6.06. The zero-order valence-electron chi connectivity index (χ0n) is 30.8. The van der Waals surface area contributed by atoms with Gasteiger partial charge in [0.1, 0.15) is 0 Å². The van der Waals surface area contributed by atoms with Crippen molar-refractivity contribution in [1.29, 1.82) is 0 Å². The van der Waals surface area contributed by atoms with Crippen molar-refractivity contribution in [3.8, 4) is 11.4 Å². The maximum Gasteiger partial charge on any atom is 0.0562 e. The van der Waals surface area contributed by atoms with Crippen molar-refractivity contribution in [2.45, 2.75) is 37.5 Å². The van der Waals surface area contributed by atoms with Gasteiger partial charge in [0.15, 0.2) is 0 Å². The van der Waals surface area contributed by atoms with Crippen molar-refractivity contribution in [2.24, 2.45) is 23.7 Å². The maximum absolute atomic E-state index is 2.60. The summed E-state index contributed by atoms with van der Waals surface area (Å²) in [6.07, 6.45) is 7.02. The van der Waals surface area contributed by atoms with Gasteiger partial charge in [-0.2, -0.15) is 0 Å². The molecule has 2 aromatic heterocycles. The van der Waals surface area contributed by atoms with Crippen molar-refractivity contribution in [1.82, 2.24) is 9.13 Å². The van der Waals surface area contributed by atoms with Crippen LogP contribution in [0.25, 0.3) is 55.0 Å². The maximum atomic E-state index is 2.60. The molecule has 0 saturated heterocycles. The molecule has 0 unspecified atom stereocenters. The largest absolute Gasteiger partial charge is 0.310 e. The smallest absolute Gasteiger partial charge is 0.0562 e. The molecule has 5 aliphatic rings. The Morgan fingerprint density at radius 3 is 1.64 bits per heavy atom. The number of fused-ring (bicyclic) bond motifs is 8. The zero-order valence-corrected chi connectivity index (χ0v) is 30.8. The molecular weight excluding hydrogens is 667 g/mol. The predicted molar refractivity (Wildman–Crippen MR) is 228 cm³/mol. The predicted octanol–water partition coefficient (Wildman–Crippen LogP) is 13.4. The van der Waals surface area contributed by atoms with Gasteiger partial charge in [0.05, 0.1) is 39.1 Å². The molecule has 1 aliphatic heterocycles. The molecule has 3 heterocycles. The Balaban J connectivity index is 1.04. The number of rotatable bonds is 3. The van der Waals surface area contributed by atoms with Crippen LogP contribution in [0.5, 0.6) is 0 Å². The van der Waals surface area contributed by atoms with Gasteiger partial charge in [0.2, 0.25) is 0 Å². The van der Waals surface area contributed by atoms with Gasteiger partial charge in [-0.1, -0.05) is 97.1 Å². The Morgan fingerprint density at radius 1 is 0.382 bits per heavy atom. The average Bonchev–Trinajstić information content (AvgIpc) is 3.75. The monoisotopic (exact) mass is 707 g/mol. The van der Waals surface area contributed by atoms with E-state index in [0.29, 0.717) is 0 Å². The number of nitrogens with zero attached hydrogens (tertiary/aromatic N) is 3. The number of hydrogen-bond acceptors (Lipinski definition) is 1. The Labute approximate surface area is 321 Å². The van der Waals surface area contributed by atoms with Crippen LogP contribution in [0.4, 0.5) is 17.1 Å². The molecule has 0 amide bonds. The molecule has 264 valence electrons. The molecule has 55 heavy (non-hydrogen) atoms. The highest BCUT2D eigenvalue weighted by molar-refractivity contribution is 6.17.